The summed E-state index contributed by atoms with van der Waals surface area (Å²) in [5, 5.41) is 6.29. The number of benzene rings is 3. The first-order valence-corrected chi connectivity index (χ1v) is 10.4. The van der Waals surface area contributed by atoms with E-state index in [2.05, 4.69) is 15.6 Å². The minimum atomic E-state index is -0.800. The Hall–Kier alpha value is -4.26. The van der Waals surface area contributed by atoms with Gasteiger partial charge < -0.3 is 15.4 Å². The van der Waals surface area contributed by atoms with Crippen LogP contribution in [0.25, 0.3) is 10.9 Å². The van der Waals surface area contributed by atoms with Crippen LogP contribution in [0.15, 0.2) is 85.1 Å². The van der Waals surface area contributed by atoms with Crippen molar-refractivity contribution < 1.29 is 18.7 Å². The van der Waals surface area contributed by atoms with Crippen molar-refractivity contribution in [2.75, 3.05) is 12.4 Å². The highest BCUT2D eigenvalue weighted by Crippen LogP contribution is 2.23. The molecule has 0 aliphatic carbocycles. The van der Waals surface area contributed by atoms with Gasteiger partial charge in [-0.15, -0.1) is 0 Å². The summed E-state index contributed by atoms with van der Waals surface area (Å²) in [6.07, 6.45) is 2.00. The molecule has 0 aliphatic rings. The largest absolute Gasteiger partial charge is 0.497 e. The molecule has 4 aromatic rings. The number of rotatable bonds is 6. The van der Waals surface area contributed by atoms with Crippen molar-refractivity contribution in [2.24, 2.45) is 0 Å². The first kappa shape index (κ1) is 22.0. The van der Waals surface area contributed by atoms with E-state index in [1.54, 1.807) is 55.8 Å². The zero-order chi connectivity index (χ0) is 23.2. The van der Waals surface area contributed by atoms with E-state index in [0.29, 0.717) is 23.4 Å². The molecule has 0 fully saturated rings. The number of halogens is 1. The minimum absolute atomic E-state index is 0.341. The lowest BCUT2D eigenvalue weighted by Gasteiger charge is -2.20. The molecule has 3 aromatic carbocycles. The highest BCUT2D eigenvalue weighted by Gasteiger charge is 2.21. The molecule has 33 heavy (non-hydrogen) atoms. The summed E-state index contributed by atoms with van der Waals surface area (Å²) in [6.45, 7) is 0. The third-order valence-electron chi connectivity index (χ3n) is 5.26. The van der Waals surface area contributed by atoms with Gasteiger partial charge in [-0.25, -0.2) is 4.39 Å². The molecule has 0 aliphatic heterocycles. The van der Waals surface area contributed by atoms with Gasteiger partial charge in [0.15, 0.2) is 0 Å². The summed E-state index contributed by atoms with van der Waals surface area (Å²) in [5.74, 6) is -1.25. The number of hydrogen-bond acceptors (Lipinski definition) is 4. The Morgan fingerprint density at radius 3 is 2.39 bits per heavy atom. The number of carbonyl (C=O) groups is 2. The quantitative estimate of drug-likeness (QED) is 0.433. The Kier molecular flexibility index (Phi) is 6.59. The van der Waals surface area contributed by atoms with Crippen molar-refractivity contribution in [3.05, 3.63) is 102 Å². The summed E-state index contributed by atoms with van der Waals surface area (Å²) in [5.41, 5.74) is 2.65. The number of pyridine rings is 1. The number of ether oxygens (including phenoxy) is 1. The average molecular weight is 443 g/mol. The maximum absolute atomic E-state index is 13.3. The van der Waals surface area contributed by atoms with Crippen molar-refractivity contribution in [3.8, 4) is 5.75 Å². The normalized spacial score (nSPS) is 11.6. The van der Waals surface area contributed by atoms with Gasteiger partial charge in [-0.3, -0.25) is 14.6 Å². The van der Waals surface area contributed by atoms with Crippen molar-refractivity contribution in [1.29, 1.82) is 0 Å². The van der Waals surface area contributed by atoms with E-state index in [9.17, 15) is 14.0 Å². The standard InChI is InChI=1S/C26H22FN3O3/c1-33-21-13-9-18(10-14-21)23(16-17-7-11-20(27)12-8-17)30-26(32)25(31)29-22-6-2-4-19-5-3-15-28-24(19)22/h2-15,23H,16H2,1H3,(H,29,31)(H,30,32)/t23-/m0/s1. The SMILES string of the molecule is COc1ccc([C@H](Cc2ccc(F)cc2)NC(=O)C(=O)Nc2cccc3cccnc23)cc1. The Labute approximate surface area is 190 Å². The molecular formula is C26H22FN3O3. The zero-order valence-electron chi connectivity index (χ0n) is 17.9. The van der Waals surface area contributed by atoms with Crippen LogP contribution in [0.5, 0.6) is 5.75 Å². The molecule has 2 N–H and O–H groups in total. The van der Waals surface area contributed by atoms with E-state index in [-0.39, 0.29) is 5.82 Å². The number of methoxy groups -OCH3 is 1. The Morgan fingerprint density at radius 1 is 0.939 bits per heavy atom. The van der Waals surface area contributed by atoms with Crippen LogP contribution in [0.4, 0.5) is 10.1 Å². The lowest BCUT2D eigenvalue weighted by Crippen LogP contribution is -2.38. The van der Waals surface area contributed by atoms with Crippen LogP contribution >= 0.6 is 0 Å². The second-order valence-corrected chi connectivity index (χ2v) is 7.46. The summed E-state index contributed by atoms with van der Waals surface area (Å²) >= 11 is 0. The first-order valence-electron chi connectivity index (χ1n) is 10.4. The molecular weight excluding hydrogens is 421 g/mol. The van der Waals surface area contributed by atoms with E-state index in [0.717, 1.165) is 16.5 Å². The summed E-state index contributed by atoms with van der Waals surface area (Å²) < 4.78 is 18.5. The Bertz CT molecular complexity index is 1270. The van der Waals surface area contributed by atoms with Gasteiger partial charge in [-0.1, -0.05) is 42.5 Å². The highest BCUT2D eigenvalue weighted by atomic mass is 19.1. The van der Waals surface area contributed by atoms with Crippen LogP contribution in [0.2, 0.25) is 0 Å². The molecule has 6 nitrogen and oxygen atoms in total. The van der Waals surface area contributed by atoms with Crippen LogP contribution in [0.1, 0.15) is 17.2 Å². The number of para-hydroxylation sites is 1. The van der Waals surface area contributed by atoms with Crippen LogP contribution in [0.3, 0.4) is 0 Å². The number of aromatic nitrogens is 1. The number of carbonyl (C=O) groups excluding carboxylic acids is 2. The average Bonchev–Trinajstić information content (AvgIpc) is 2.85. The molecule has 1 heterocycles. The molecule has 4 rings (SSSR count). The van der Waals surface area contributed by atoms with E-state index in [1.165, 1.54) is 12.1 Å². The molecule has 166 valence electrons. The molecule has 2 amide bonds. The maximum Gasteiger partial charge on any atom is 0.313 e. The van der Waals surface area contributed by atoms with Crippen LogP contribution in [0, 0.1) is 5.82 Å². The molecule has 1 aromatic heterocycles. The Morgan fingerprint density at radius 2 is 1.67 bits per heavy atom. The molecule has 1 atom stereocenters. The van der Waals surface area contributed by atoms with Crippen molar-refractivity contribution >= 4 is 28.4 Å². The summed E-state index contributed by atoms with van der Waals surface area (Å²) in [6, 6.07) is 21.7. The van der Waals surface area contributed by atoms with E-state index in [1.807, 2.05) is 24.3 Å². The van der Waals surface area contributed by atoms with Gasteiger partial charge in [0.25, 0.3) is 0 Å². The summed E-state index contributed by atoms with van der Waals surface area (Å²) in [4.78, 5) is 29.8. The van der Waals surface area contributed by atoms with E-state index in [4.69, 9.17) is 4.74 Å². The van der Waals surface area contributed by atoms with Gasteiger partial charge in [0, 0.05) is 11.6 Å². The van der Waals surface area contributed by atoms with Gasteiger partial charge in [0.2, 0.25) is 0 Å². The number of amides is 2. The number of hydrogen-bond donors (Lipinski definition) is 2. The van der Waals surface area contributed by atoms with Crippen LogP contribution in [-0.2, 0) is 16.0 Å². The van der Waals surface area contributed by atoms with E-state index >= 15 is 0 Å². The third-order valence-corrected chi connectivity index (χ3v) is 5.26. The monoisotopic (exact) mass is 443 g/mol. The van der Waals surface area contributed by atoms with Gasteiger partial charge in [-0.2, -0.15) is 0 Å². The smallest absolute Gasteiger partial charge is 0.313 e. The molecule has 0 bridgehead atoms. The second-order valence-electron chi connectivity index (χ2n) is 7.46. The molecule has 7 heteroatoms. The second kappa shape index (κ2) is 9.91. The van der Waals surface area contributed by atoms with Gasteiger partial charge in [0.1, 0.15) is 11.6 Å². The fourth-order valence-corrected chi connectivity index (χ4v) is 3.55. The topological polar surface area (TPSA) is 80.3 Å². The molecule has 0 unspecified atom stereocenters. The van der Waals surface area contributed by atoms with Gasteiger partial charge in [-0.05, 0) is 53.9 Å². The van der Waals surface area contributed by atoms with Gasteiger partial charge >= 0.3 is 11.8 Å². The number of anilines is 1. The molecule has 0 saturated carbocycles. The first-order chi connectivity index (χ1) is 16.0. The number of fused-ring (bicyclic) bond motifs is 1. The molecule has 0 radical (unpaired) electrons. The lowest BCUT2D eigenvalue weighted by molar-refractivity contribution is -0.136. The van der Waals surface area contributed by atoms with Crippen LogP contribution in [-0.4, -0.2) is 23.9 Å². The van der Waals surface area contributed by atoms with Crippen molar-refractivity contribution in [2.45, 2.75) is 12.5 Å². The molecule has 0 saturated heterocycles. The van der Waals surface area contributed by atoms with E-state index < -0.39 is 17.9 Å². The minimum Gasteiger partial charge on any atom is -0.497 e. The lowest BCUT2D eigenvalue weighted by atomic mass is 9.98. The maximum atomic E-state index is 13.3. The van der Waals surface area contributed by atoms with Crippen molar-refractivity contribution in [1.82, 2.24) is 10.3 Å². The number of nitrogens with one attached hydrogen (secondary N) is 2. The van der Waals surface area contributed by atoms with Crippen molar-refractivity contribution in [3.63, 3.8) is 0 Å². The fourth-order valence-electron chi connectivity index (χ4n) is 3.55. The van der Waals surface area contributed by atoms with Gasteiger partial charge in [0.05, 0.1) is 24.4 Å². The number of nitrogens with zero attached hydrogens (tertiary/aromatic N) is 1. The highest BCUT2D eigenvalue weighted by molar-refractivity contribution is 6.40. The fraction of sp³-hybridized carbons (Fsp3) is 0.115. The zero-order valence-corrected chi connectivity index (χ0v) is 17.9. The molecule has 0 spiro atoms. The Balaban J connectivity index is 1.54. The predicted octanol–water partition coefficient (Wildman–Crippen LogP) is 4.42. The predicted molar refractivity (Wildman–Crippen MR) is 124 cm³/mol. The van der Waals surface area contributed by atoms with Crippen LogP contribution < -0.4 is 15.4 Å². The third kappa shape index (κ3) is 5.33. The summed E-state index contributed by atoms with van der Waals surface area (Å²) in [7, 11) is 1.57.